The molecule has 0 amide bonds. The van der Waals surface area contributed by atoms with Gasteiger partial charge in [-0.25, -0.2) is 4.79 Å². The molecule has 2 aliphatic carbocycles. The van der Waals surface area contributed by atoms with Crippen LogP contribution in [0.4, 0.5) is 0 Å². The fraction of sp³-hybridized carbons (Fsp3) is 0.500. The van der Waals surface area contributed by atoms with Crippen LogP contribution in [0.5, 0.6) is 11.5 Å². The average molecular weight is 437 g/mol. The van der Waals surface area contributed by atoms with E-state index < -0.39 is 17.5 Å². The van der Waals surface area contributed by atoms with E-state index in [4.69, 9.17) is 18.6 Å². The highest BCUT2D eigenvalue weighted by Gasteiger charge is 2.72. The molecule has 168 valence electrons. The van der Waals surface area contributed by atoms with E-state index in [1.165, 1.54) is 0 Å². The lowest BCUT2D eigenvalue weighted by Crippen LogP contribution is -2.52. The molecule has 1 aromatic carbocycles. The molecule has 3 heterocycles. The molecule has 6 heteroatoms. The monoisotopic (exact) mass is 436 g/mol. The lowest BCUT2D eigenvalue weighted by atomic mass is 9.63. The predicted octanol–water partition coefficient (Wildman–Crippen LogP) is 4.79. The van der Waals surface area contributed by atoms with E-state index in [9.17, 15) is 9.90 Å². The first kappa shape index (κ1) is 20.1. The van der Waals surface area contributed by atoms with E-state index in [0.29, 0.717) is 22.3 Å². The number of hydrogen-bond donors (Lipinski definition) is 1. The topological polar surface area (TPSA) is 78.1 Å². The van der Waals surface area contributed by atoms with Crippen molar-refractivity contribution >= 4 is 16.5 Å². The average Bonchev–Trinajstić information content (AvgIpc) is 3.15. The number of rotatable bonds is 1. The summed E-state index contributed by atoms with van der Waals surface area (Å²) in [5.74, 6) is 0.439. The predicted molar refractivity (Wildman–Crippen MR) is 120 cm³/mol. The Labute approximate surface area is 186 Å². The SMILES string of the molecule is COC1O[C@H](C)[C@@]2(C)CC(C)(C)[C@@]34Oc5c(c(=O)oc6cccc(O)c56)C3=C[C@@H](C)C1=C42. The van der Waals surface area contributed by atoms with E-state index in [-0.39, 0.29) is 28.6 Å². The van der Waals surface area contributed by atoms with Crippen LogP contribution in [-0.4, -0.2) is 30.2 Å². The van der Waals surface area contributed by atoms with E-state index in [2.05, 4.69) is 40.7 Å². The summed E-state index contributed by atoms with van der Waals surface area (Å²) in [6.45, 7) is 10.8. The second-order valence-corrected chi connectivity index (χ2v) is 10.6. The molecule has 4 aliphatic rings. The van der Waals surface area contributed by atoms with Gasteiger partial charge in [0, 0.05) is 29.4 Å². The molecular formula is C26H28O6. The summed E-state index contributed by atoms with van der Waals surface area (Å²) < 4.78 is 24.8. The Kier molecular flexibility index (Phi) is 3.67. The third kappa shape index (κ3) is 2.02. The molecule has 0 radical (unpaired) electrons. The van der Waals surface area contributed by atoms with E-state index >= 15 is 0 Å². The second kappa shape index (κ2) is 5.86. The van der Waals surface area contributed by atoms with Gasteiger partial charge < -0.3 is 23.7 Å². The number of hydrogen-bond acceptors (Lipinski definition) is 6. The van der Waals surface area contributed by atoms with Crippen molar-refractivity contribution in [1.29, 1.82) is 0 Å². The Morgan fingerprint density at radius 2 is 1.94 bits per heavy atom. The van der Waals surface area contributed by atoms with E-state index in [1.807, 2.05) is 0 Å². The molecule has 32 heavy (non-hydrogen) atoms. The van der Waals surface area contributed by atoms with Crippen molar-refractivity contribution in [1.82, 2.24) is 0 Å². The molecule has 1 N–H and O–H groups in total. The smallest absolute Gasteiger partial charge is 0.347 e. The van der Waals surface area contributed by atoms with Crippen LogP contribution in [0.15, 0.2) is 44.6 Å². The number of ether oxygens (including phenoxy) is 3. The first-order chi connectivity index (χ1) is 15.1. The molecule has 1 spiro atoms. The van der Waals surface area contributed by atoms with Crippen LogP contribution in [-0.2, 0) is 9.47 Å². The van der Waals surface area contributed by atoms with Gasteiger partial charge in [-0.2, -0.15) is 0 Å². The van der Waals surface area contributed by atoms with Gasteiger partial charge in [0.1, 0.15) is 22.3 Å². The lowest BCUT2D eigenvalue weighted by molar-refractivity contribution is -0.169. The zero-order valence-electron chi connectivity index (χ0n) is 19.2. The Bertz CT molecular complexity index is 1310. The molecule has 1 unspecified atom stereocenters. The zero-order chi connectivity index (χ0) is 22.8. The molecule has 6 rings (SSSR count). The van der Waals surface area contributed by atoms with Gasteiger partial charge in [-0.15, -0.1) is 0 Å². The van der Waals surface area contributed by atoms with Crippen LogP contribution in [0, 0.1) is 16.7 Å². The van der Waals surface area contributed by atoms with Crippen LogP contribution in [0.1, 0.15) is 46.6 Å². The molecule has 5 atom stereocenters. The molecule has 1 fully saturated rings. The highest BCUT2D eigenvalue weighted by Crippen LogP contribution is 2.72. The molecule has 0 saturated heterocycles. The van der Waals surface area contributed by atoms with Crippen molar-refractivity contribution in [3.63, 3.8) is 0 Å². The maximum Gasteiger partial charge on any atom is 0.347 e. The normalized spacial score (nSPS) is 36.4. The minimum Gasteiger partial charge on any atom is -0.507 e. The minimum atomic E-state index is -0.855. The van der Waals surface area contributed by atoms with Crippen LogP contribution in [0.25, 0.3) is 16.5 Å². The van der Waals surface area contributed by atoms with Crippen molar-refractivity contribution in [2.75, 3.05) is 7.11 Å². The van der Waals surface area contributed by atoms with Crippen molar-refractivity contribution in [2.45, 2.75) is 59.0 Å². The summed E-state index contributed by atoms with van der Waals surface area (Å²) in [5, 5.41) is 11.1. The third-order valence-electron chi connectivity index (χ3n) is 8.34. The number of phenolic OH excluding ortho intramolecular Hbond substituents is 1. The fourth-order valence-electron chi connectivity index (χ4n) is 7.05. The Hall–Kier alpha value is -2.57. The number of methoxy groups -OCH3 is 1. The standard InChI is InChI=1S/C26H28O6/c1-12-10-14-18-20(19-15(27)8-7-9-16(19)31-22(18)28)32-26(14)21-17(12)23(29-6)30-13(2)25(21,5)11-24(26,3)4/h7-10,12-13,23,27H,11H2,1-6H3/t12-,13-,23?,25-,26-/m1/s1. The van der Waals surface area contributed by atoms with Gasteiger partial charge in [0.05, 0.1) is 6.10 Å². The Balaban J connectivity index is 1.75. The Morgan fingerprint density at radius 1 is 1.19 bits per heavy atom. The Morgan fingerprint density at radius 3 is 2.66 bits per heavy atom. The maximum atomic E-state index is 13.3. The quantitative estimate of drug-likeness (QED) is 0.512. The third-order valence-corrected chi connectivity index (χ3v) is 8.34. The summed E-state index contributed by atoms with van der Waals surface area (Å²) >= 11 is 0. The van der Waals surface area contributed by atoms with Crippen molar-refractivity contribution < 1.29 is 23.7 Å². The van der Waals surface area contributed by atoms with Crippen molar-refractivity contribution in [3.05, 3.63) is 51.4 Å². The van der Waals surface area contributed by atoms with Crippen LogP contribution in [0.2, 0.25) is 0 Å². The minimum absolute atomic E-state index is 0.00665. The summed E-state index contributed by atoms with van der Waals surface area (Å²) in [7, 11) is 1.66. The van der Waals surface area contributed by atoms with Gasteiger partial charge in [-0.3, -0.25) is 0 Å². The van der Waals surface area contributed by atoms with Crippen LogP contribution < -0.4 is 10.4 Å². The number of fused-ring (bicyclic) bond motifs is 4. The molecule has 0 bridgehead atoms. The van der Waals surface area contributed by atoms with Gasteiger partial charge in [-0.05, 0) is 36.6 Å². The highest BCUT2D eigenvalue weighted by atomic mass is 16.7. The zero-order valence-corrected chi connectivity index (χ0v) is 19.2. The summed E-state index contributed by atoms with van der Waals surface area (Å²) in [5.41, 5.74) is 1.88. The van der Waals surface area contributed by atoms with E-state index in [1.54, 1.807) is 25.3 Å². The second-order valence-electron chi connectivity index (χ2n) is 10.6. The first-order valence-corrected chi connectivity index (χ1v) is 11.2. The fourth-order valence-corrected chi connectivity index (χ4v) is 7.05. The molecule has 2 aromatic rings. The number of aromatic hydroxyl groups is 1. The van der Waals surface area contributed by atoms with E-state index in [0.717, 1.165) is 23.1 Å². The van der Waals surface area contributed by atoms with Gasteiger partial charge in [0.2, 0.25) is 0 Å². The molecule has 6 nitrogen and oxygen atoms in total. The summed E-state index contributed by atoms with van der Waals surface area (Å²) in [6.07, 6.45) is 2.36. The molecular weight excluding hydrogens is 408 g/mol. The van der Waals surface area contributed by atoms with Crippen molar-refractivity contribution in [2.24, 2.45) is 16.7 Å². The van der Waals surface area contributed by atoms with Crippen molar-refractivity contribution in [3.8, 4) is 11.5 Å². The van der Waals surface area contributed by atoms with Gasteiger partial charge in [-0.1, -0.05) is 39.8 Å². The maximum absolute atomic E-state index is 13.3. The largest absolute Gasteiger partial charge is 0.507 e. The number of allylic oxidation sites excluding steroid dienone is 1. The van der Waals surface area contributed by atoms with Gasteiger partial charge in [0.15, 0.2) is 17.6 Å². The lowest BCUT2D eigenvalue weighted by Gasteiger charge is -2.49. The molecule has 2 aliphatic heterocycles. The first-order valence-electron chi connectivity index (χ1n) is 11.2. The highest BCUT2D eigenvalue weighted by molar-refractivity contribution is 5.99. The van der Waals surface area contributed by atoms with Gasteiger partial charge >= 0.3 is 5.63 Å². The van der Waals surface area contributed by atoms with Crippen LogP contribution >= 0.6 is 0 Å². The number of phenols is 1. The summed E-state index contributed by atoms with van der Waals surface area (Å²) in [4.78, 5) is 13.3. The van der Waals surface area contributed by atoms with Crippen LogP contribution in [0.3, 0.4) is 0 Å². The van der Waals surface area contributed by atoms with Gasteiger partial charge in [0.25, 0.3) is 0 Å². The molecule has 1 aromatic heterocycles. The number of benzene rings is 1. The summed E-state index contributed by atoms with van der Waals surface area (Å²) in [6, 6.07) is 4.94. The molecule has 1 saturated carbocycles.